The second-order valence-corrected chi connectivity index (χ2v) is 45.4. The van der Waals surface area contributed by atoms with Gasteiger partial charge in [-0.25, -0.2) is 0 Å². The van der Waals surface area contributed by atoms with Crippen LogP contribution in [0.1, 0.15) is 12.8 Å². The van der Waals surface area contributed by atoms with Crippen molar-refractivity contribution in [2.45, 2.75) is 100.0 Å². The van der Waals surface area contributed by atoms with Gasteiger partial charge in [0, 0.05) is 0 Å². The van der Waals surface area contributed by atoms with Crippen LogP contribution in [-0.4, -0.2) is 66.8 Å². The van der Waals surface area contributed by atoms with Gasteiger partial charge in [0.05, 0.1) is 0 Å². The average Bonchev–Trinajstić information content (AvgIpc) is 2.58. The molecule has 1 saturated heterocycles. The molecular weight excluding hydrogens is 488 g/mol. The summed E-state index contributed by atoms with van der Waals surface area (Å²) in [5.74, 6) is -1.86. The minimum absolute atomic E-state index is 0.608. The van der Waals surface area contributed by atoms with Gasteiger partial charge in [0.1, 0.15) is 0 Å². The molecule has 0 aromatic rings. The maximum absolute atomic E-state index is 6.94. The Hall–Kier alpha value is 1.83. The predicted octanol–water partition coefficient (Wildman–Crippen LogP) is 5.76. The Kier molecular flexibility index (Phi) is 6.40. The van der Waals surface area contributed by atoms with E-state index in [0.717, 1.165) is 0 Å². The molecular formula is C17H44OSi5Te. The summed E-state index contributed by atoms with van der Waals surface area (Å²) < 4.78 is 8.15. The molecule has 0 bridgehead atoms. The van der Waals surface area contributed by atoms with Crippen molar-refractivity contribution in [3.8, 4) is 0 Å². The van der Waals surface area contributed by atoms with Crippen molar-refractivity contribution in [2.75, 3.05) is 7.11 Å². The van der Waals surface area contributed by atoms with E-state index in [0.29, 0.717) is 8.57 Å². The van der Waals surface area contributed by atoms with Crippen molar-refractivity contribution in [3.63, 3.8) is 0 Å². The Balaban J connectivity index is 3.99. The molecule has 0 saturated carbocycles. The zero-order valence-corrected chi connectivity index (χ0v) is 26.3. The zero-order chi connectivity index (χ0) is 19.6. The van der Waals surface area contributed by atoms with E-state index in [1.54, 1.807) is 0 Å². The van der Waals surface area contributed by atoms with Gasteiger partial charge in [-0.1, -0.05) is 0 Å². The summed E-state index contributed by atoms with van der Waals surface area (Å²) in [6, 6.07) is 0. The van der Waals surface area contributed by atoms with Crippen LogP contribution in [0.15, 0.2) is 0 Å². The fraction of sp³-hybridized carbons (Fsp3) is 1.00. The molecule has 24 heavy (non-hydrogen) atoms. The molecule has 7 heteroatoms. The van der Waals surface area contributed by atoms with Gasteiger partial charge in [0.15, 0.2) is 0 Å². The standard InChI is InChI=1S/C17H44OSi5Te/c1-18-23(24)16(19(2,3)4,20(5,6)7)14-15-17(23,21(8,9)10)22(11,12)13/h24H,14-15H2,1-13H3. The molecule has 0 radical (unpaired) electrons. The van der Waals surface area contributed by atoms with Crippen LogP contribution >= 0.6 is 0 Å². The van der Waals surface area contributed by atoms with Crippen molar-refractivity contribution in [1.82, 2.24) is 0 Å². The first kappa shape index (κ1) is 23.9. The Morgan fingerprint density at radius 3 is 0.958 bits per heavy atom. The molecule has 1 aliphatic rings. The van der Waals surface area contributed by atoms with Crippen LogP contribution < -0.4 is 0 Å². The van der Waals surface area contributed by atoms with Crippen molar-refractivity contribution in [2.24, 2.45) is 0 Å². The second-order valence-electron chi connectivity index (χ2n) is 12.2. The minimum atomic E-state index is -1.86. The molecule has 0 aromatic carbocycles. The topological polar surface area (TPSA) is 9.23 Å². The molecule has 0 spiro atoms. The van der Waals surface area contributed by atoms with Gasteiger partial charge in [-0.3, -0.25) is 0 Å². The van der Waals surface area contributed by atoms with Crippen LogP contribution in [0.3, 0.4) is 0 Å². The molecule has 1 heterocycles. The molecule has 1 rings (SSSR count). The van der Waals surface area contributed by atoms with Gasteiger partial charge >= 0.3 is 171 Å². The van der Waals surface area contributed by atoms with Crippen molar-refractivity contribution in [3.05, 3.63) is 0 Å². The molecule has 1 fully saturated rings. The summed E-state index contributed by atoms with van der Waals surface area (Å²) >= 11 is 2.22. The third-order valence-electron chi connectivity index (χ3n) is 7.45. The van der Waals surface area contributed by atoms with Gasteiger partial charge in [-0.2, -0.15) is 0 Å². The van der Waals surface area contributed by atoms with Crippen LogP contribution in [0, 0.1) is 0 Å². The predicted molar refractivity (Wildman–Crippen MR) is 128 cm³/mol. The first-order valence-corrected chi connectivity index (χ1v) is 29.2. The number of hydrogen-bond donors (Lipinski definition) is 0. The molecule has 0 amide bonds. The summed E-state index contributed by atoms with van der Waals surface area (Å²) in [6.45, 7) is 32.1. The van der Waals surface area contributed by atoms with Gasteiger partial charge < -0.3 is 0 Å². The SMILES string of the molecule is CO[Si]1([TeH])C([Si](C)(C)C)([Si](C)(C)C)CCC1([Si](C)(C)C)[Si](C)(C)C. The quantitative estimate of drug-likeness (QED) is 0.409. The van der Waals surface area contributed by atoms with Gasteiger partial charge in [0.2, 0.25) is 0 Å². The average molecular weight is 533 g/mol. The van der Waals surface area contributed by atoms with Crippen LogP contribution in [0.5, 0.6) is 0 Å². The van der Waals surface area contributed by atoms with E-state index in [4.69, 9.17) is 4.43 Å². The van der Waals surface area contributed by atoms with Crippen LogP contribution in [-0.2, 0) is 4.43 Å². The van der Waals surface area contributed by atoms with Gasteiger partial charge in [-0.15, -0.1) is 0 Å². The third-order valence-corrected chi connectivity index (χ3v) is 59.9. The molecule has 1 nitrogen and oxygen atoms in total. The van der Waals surface area contributed by atoms with Crippen LogP contribution in [0.4, 0.5) is 0 Å². The first-order valence-electron chi connectivity index (χ1n) is 9.54. The normalized spacial score (nSPS) is 24.2. The van der Waals surface area contributed by atoms with E-state index >= 15 is 0 Å². The van der Waals surface area contributed by atoms with Crippen LogP contribution in [0.2, 0.25) is 87.1 Å². The Bertz CT molecular complexity index is 411. The van der Waals surface area contributed by atoms with E-state index in [2.05, 4.69) is 107 Å². The van der Waals surface area contributed by atoms with E-state index in [1.807, 2.05) is 0 Å². The fourth-order valence-corrected chi connectivity index (χ4v) is 89.0. The fourth-order valence-electron chi connectivity index (χ4n) is 7.21. The summed E-state index contributed by atoms with van der Waals surface area (Å²) in [4.78, 5) is 0. The first-order chi connectivity index (χ1) is 10.3. The zero-order valence-electron chi connectivity index (χ0n) is 18.8. The molecule has 0 aliphatic carbocycles. The molecule has 1 aliphatic heterocycles. The second kappa shape index (κ2) is 6.43. The summed E-state index contributed by atoms with van der Waals surface area (Å²) in [5, 5.41) is 0. The summed E-state index contributed by atoms with van der Waals surface area (Å²) in [7, 11) is -3.30. The monoisotopic (exact) mass is 534 g/mol. The third kappa shape index (κ3) is 2.87. The van der Waals surface area contributed by atoms with Crippen molar-refractivity contribution >= 4 is 59.7 Å². The maximum atomic E-state index is 6.94. The van der Waals surface area contributed by atoms with Gasteiger partial charge in [0.25, 0.3) is 0 Å². The molecule has 0 aromatic heterocycles. The Labute approximate surface area is 170 Å². The Morgan fingerprint density at radius 2 is 0.833 bits per heavy atom. The van der Waals surface area contributed by atoms with Crippen LogP contribution in [0.25, 0.3) is 0 Å². The number of hydrogen-bond acceptors (Lipinski definition) is 1. The molecule has 0 atom stereocenters. The van der Waals surface area contributed by atoms with Crippen molar-refractivity contribution < 1.29 is 4.43 Å². The Morgan fingerprint density at radius 1 is 0.625 bits per heavy atom. The molecule has 0 unspecified atom stereocenters. The van der Waals surface area contributed by atoms with E-state index in [9.17, 15) is 0 Å². The van der Waals surface area contributed by atoms with Gasteiger partial charge in [-0.05, 0) is 0 Å². The van der Waals surface area contributed by atoms with E-state index < -0.39 is 38.2 Å². The summed E-state index contributed by atoms with van der Waals surface area (Å²) in [5.41, 5.74) is 0. The van der Waals surface area contributed by atoms with Crippen molar-refractivity contribution in [1.29, 1.82) is 0 Å². The number of rotatable bonds is 5. The summed E-state index contributed by atoms with van der Waals surface area (Å²) in [6.07, 6.45) is 2.98. The molecule has 0 N–H and O–H groups in total. The van der Waals surface area contributed by atoms with E-state index in [1.165, 1.54) is 12.8 Å². The van der Waals surface area contributed by atoms with E-state index in [-0.39, 0.29) is 0 Å². The molecule has 144 valence electrons.